The number of methoxy groups -OCH3 is 1. The van der Waals surface area contributed by atoms with Crippen LogP contribution in [0.1, 0.15) is 26.3 Å². The highest BCUT2D eigenvalue weighted by atomic mass is 35.5. The Balaban J connectivity index is 2.79. The SMILES string of the molecule is COc1ccc(C[C@H](NC(=O)OC(C)(C)C)C(=O)OCCl)cc1. The number of esters is 1. The second-order valence-electron chi connectivity index (χ2n) is 5.82. The number of amides is 1. The maximum atomic E-state index is 12.0. The molecule has 0 spiro atoms. The van der Waals surface area contributed by atoms with Gasteiger partial charge in [0.15, 0.2) is 6.07 Å². The van der Waals surface area contributed by atoms with Crippen LogP contribution in [0.15, 0.2) is 24.3 Å². The molecule has 1 aromatic carbocycles. The summed E-state index contributed by atoms with van der Waals surface area (Å²) in [4.78, 5) is 23.8. The van der Waals surface area contributed by atoms with Crippen LogP contribution in [-0.4, -0.2) is 36.9 Å². The lowest BCUT2D eigenvalue weighted by molar-refractivity contribution is -0.144. The smallest absolute Gasteiger partial charge is 0.408 e. The molecule has 0 fully saturated rings. The second-order valence-corrected chi connectivity index (χ2v) is 6.04. The number of benzene rings is 1. The number of nitrogens with one attached hydrogen (secondary N) is 1. The quantitative estimate of drug-likeness (QED) is 0.635. The fourth-order valence-corrected chi connectivity index (χ4v) is 1.90. The van der Waals surface area contributed by atoms with Crippen molar-refractivity contribution in [3.8, 4) is 5.75 Å². The number of rotatable bonds is 6. The Kier molecular flexibility index (Phi) is 7.16. The van der Waals surface area contributed by atoms with E-state index in [0.717, 1.165) is 5.56 Å². The molecular weight excluding hydrogens is 322 g/mol. The van der Waals surface area contributed by atoms with Gasteiger partial charge in [0.1, 0.15) is 17.4 Å². The Morgan fingerprint density at radius 2 is 1.83 bits per heavy atom. The average molecular weight is 344 g/mol. The molecule has 0 unspecified atom stereocenters. The first-order valence-electron chi connectivity index (χ1n) is 7.10. The molecule has 1 N–H and O–H groups in total. The minimum atomic E-state index is -0.892. The summed E-state index contributed by atoms with van der Waals surface area (Å²) in [5.74, 6) is 0.0791. The topological polar surface area (TPSA) is 73.9 Å². The van der Waals surface area contributed by atoms with Crippen molar-refractivity contribution in [2.45, 2.75) is 38.8 Å². The van der Waals surface area contributed by atoms with Crippen LogP contribution in [-0.2, 0) is 20.7 Å². The van der Waals surface area contributed by atoms with E-state index in [2.05, 4.69) is 5.32 Å². The molecule has 0 heterocycles. The highest BCUT2D eigenvalue weighted by Crippen LogP contribution is 2.14. The molecule has 1 rings (SSSR count). The molecule has 0 aliphatic heterocycles. The van der Waals surface area contributed by atoms with Gasteiger partial charge in [-0.2, -0.15) is 0 Å². The largest absolute Gasteiger partial charge is 0.497 e. The van der Waals surface area contributed by atoms with Gasteiger partial charge in [0.25, 0.3) is 0 Å². The Hall–Kier alpha value is -1.95. The van der Waals surface area contributed by atoms with E-state index in [1.54, 1.807) is 52.1 Å². The van der Waals surface area contributed by atoms with Gasteiger partial charge in [-0.25, -0.2) is 9.59 Å². The van der Waals surface area contributed by atoms with Gasteiger partial charge >= 0.3 is 12.1 Å². The number of hydrogen-bond donors (Lipinski definition) is 1. The first-order chi connectivity index (χ1) is 10.7. The van der Waals surface area contributed by atoms with E-state index in [4.69, 9.17) is 25.8 Å². The van der Waals surface area contributed by atoms with Crippen LogP contribution in [0.4, 0.5) is 4.79 Å². The summed E-state index contributed by atoms with van der Waals surface area (Å²) < 4.78 is 15.0. The number of halogens is 1. The minimum absolute atomic E-state index is 0.249. The summed E-state index contributed by atoms with van der Waals surface area (Å²) in [5.41, 5.74) is 0.170. The van der Waals surface area contributed by atoms with Crippen molar-refractivity contribution in [2.75, 3.05) is 13.2 Å². The molecule has 0 aromatic heterocycles. The molecule has 128 valence electrons. The van der Waals surface area contributed by atoms with Crippen LogP contribution >= 0.6 is 11.6 Å². The van der Waals surface area contributed by atoms with Gasteiger partial charge in [-0.05, 0) is 38.5 Å². The highest BCUT2D eigenvalue weighted by Gasteiger charge is 2.25. The normalized spacial score (nSPS) is 12.2. The van der Waals surface area contributed by atoms with Crippen molar-refractivity contribution in [3.05, 3.63) is 29.8 Å². The Bertz CT molecular complexity index is 524. The standard InChI is InChI=1S/C16H22ClNO5/c1-16(2,3)23-15(20)18-13(14(19)22-10-17)9-11-5-7-12(21-4)8-6-11/h5-8,13H,9-10H2,1-4H3,(H,18,20)/t13-/m0/s1. The van der Waals surface area contributed by atoms with Gasteiger partial charge in [0.05, 0.1) is 7.11 Å². The van der Waals surface area contributed by atoms with E-state index >= 15 is 0 Å². The van der Waals surface area contributed by atoms with Crippen LogP contribution in [0, 0.1) is 0 Å². The molecule has 0 saturated carbocycles. The van der Waals surface area contributed by atoms with Crippen molar-refractivity contribution in [1.82, 2.24) is 5.32 Å². The predicted molar refractivity (Wildman–Crippen MR) is 86.7 cm³/mol. The van der Waals surface area contributed by atoms with Gasteiger partial charge in [-0.15, -0.1) is 0 Å². The van der Waals surface area contributed by atoms with Crippen molar-refractivity contribution < 1.29 is 23.8 Å². The monoisotopic (exact) mass is 343 g/mol. The lowest BCUT2D eigenvalue weighted by Gasteiger charge is -2.22. The fourth-order valence-electron chi connectivity index (χ4n) is 1.79. The zero-order valence-electron chi connectivity index (χ0n) is 13.7. The summed E-state index contributed by atoms with van der Waals surface area (Å²) in [5, 5.41) is 2.51. The van der Waals surface area contributed by atoms with Gasteiger partial charge in [-0.1, -0.05) is 23.7 Å². The number of carbonyl (C=O) groups excluding carboxylic acids is 2. The molecule has 0 aliphatic carbocycles. The zero-order chi connectivity index (χ0) is 17.5. The third kappa shape index (κ3) is 7.23. The summed E-state index contributed by atoms with van der Waals surface area (Å²) in [6, 6.07) is 5.97. The van der Waals surface area contributed by atoms with Crippen LogP contribution in [0.25, 0.3) is 0 Å². The summed E-state index contributed by atoms with van der Waals surface area (Å²) in [6.45, 7) is 5.21. The molecule has 1 amide bonds. The van der Waals surface area contributed by atoms with Gasteiger partial charge in [0, 0.05) is 6.42 Å². The molecule has 1 atom stereocenters. The van der Waals surface area contributed by atoms with Crippen LogP contribution in [0.3, 0.4) is 0 Å². The number of alkyl halides is 1. The predicted octanol–water partition coefficient (Wildman–Crippen LogP) is 2.87. The maximum Gasteiger partial charge on any atom is 0.408 e. The lowest BCUT2D eigenvalue weighted by Crippen LogP contribution is -2.45. The number of carbonyl (C=O) groups is 2. The van der Waals surface area contributed by atoms with Crippen molar-refractivity contribution in [1.29, 1.82) is 0 Å². The Labute approximate surface area is 141 Å². The maximum absolute atomic E-state index is 12.0. The van der Waals surface area contributed by atoms with E-state index in [1.807, 2.05) is 0 Å². The third-order valence-corrected chi connectivity index (χ3v) is 2.88. The Morgan fingerprint density at radius 3 is 2.30 bits per heavy atom. The van der Waals surface area contributed by atoms with Gasteiger partial charge < -0.3 is 19.5 Å². The second kappa shape index (κ2) is 8.62. The molecule has 0 bridgehead atoms. The fraction of sp³-hybridized carbons (Fsp3) is 0.500. The van der Waals surface area contributed by atoms with E-state index < -0.39 is 23.7 Å². The first kappa shape index (κ1) is 19.1. The zero-order valence-corrected chi connectivity index (χ0v) is 14.5. The lowest BCUT2D eigenvalue weighted by atomic mass is 10.1. The molecular formula is C16H22ClNO5. The molecule has 6 nitrogen and oxygen atoms in total. The van der Waals surface area contributed by atoms with Gasteiger partial charge in [-0.3, -0.25) is 0 Å². The molecule has 0 aliphatic rings. The number of ether oxygens (including phenoxy) is 3. The third-order valence-electron chi connectivity index (χ3n) is 2.77. The van der Waals surface area contributed by atoms with Gasteiger partial charge in [0.2, 0.25) is 0 Å². The number of hydrogen-bond acceptors (Lipinski definition) is 5. The first-order valence-corrected chi connectivity index (χ1v) is 7.63. The van der Waals surface area contributed by atoms with Crippen molar-refractivity contribution in [3.63, 3.8) is 0 Å². The molecule has 0 radical (unpaired) electrons. The molecule has 23 heavy (non-hydrogen) atoms. The number of alkyl carbamates (subject to hydrolysis) is 1. The molecule has 1 aromatic rings. The summed E-state index contributed by atoms with van der Waals surface area (Å²) in [6.07, 6.45) is -0.443. The van der Waals surface area contributed by atoms with E-state index in [0.29, 0.717) is 5.75 Å². The minimum Gasteiger partial charge on any atom is -0.497 e. The highest BCUT2D eigenvalue weighted by molar-refractivity contribution is 6.17. The van der Waals surface area contributed by atoms with E-state index in [-0.39, 0.29) is 12.5 Å². The van der Waals surface area contributed by atoms with Crippen LogP contribution in [0.5, 0.6) is 5.75 Å². The molecule has 7 heteroatoms. The van der Waals surface area contributed by atoms with Crippen molar-refractivity contribution in [2.24, 2.45) is 0 Å². The summed E-state index contributed by atoms with van der Waals surface area (Å²) >= 11 is 5.42. The average Bonchev–Trinajstić information content (AvgIpc) is 2.45. The van der Waals surface area contributed by atoms with E-state index in [1.165, 1.54) is 0 Å². The Morgan fingerprint density at radius 1 is 1.22 bits per heavy atom. The molecule has 0 saturated heterocycles. The van der Waals surface area contributed by atoms with Crippen LogP contribution < -0.4 is 10.1 Å². The van der Waals surface area contributed by atoms with Crippen molar-refractivity contribution >= 4 is 23.7 Å². The van der Waals surface area contributed by atoms with Crippen LogP contribution in [0.2, 0.25) is 0 Å². The summed E-state index contributed by atoms with van der Waals surface area (Å²) in [7, 11) is 1.57. The van der Waals surface area contributed by atoms with E-state index in [9.17, 15) is 9.59 Å².